The van der Waals surface area contributed by atoms with Gasteiger partial charge in [-0.1, -0.05) is 0 Å². The van der Waals surface area contributed by atoms with Crippen molar-refractivity contribution in [1.29, 1.82) is 0 Å². The van der Waals surface area contributed by atoms with E-state index in [1.807, 2.05) is 17.8 Å². The second-order valence-electron chi connectivity index (χ2n) is 4.32. The second kappa shape index (κ2) is 5.55. The molecule has 2 heterocycles. The van der Waals surface area contributed by atoms with Crippen molar-refractivity contribution in [3.8, 4) is 0 Å². The molecule has 0 aliphatic heterocycles. The third-order valence-corrected chi connectivity index (χ3v) is 2.88. The zero-order chi connectivity index (χ0) is 13.8. The minimum absolute atomic E-state index is 0.104. The molecule has 0 bridgehead atoms. The van der Waals surface area contributed by atoms with Crippen molar-refractivity contribution >= 4 is 11.7 Å². The van der Waals surface area contributed by atoms with E-state index in [9.17, 15) is 4.79 Å². The average Bonchev–Trinajstić information content (AvgIpc) is 3.03. The number of nitrogens with two attached hydrogens (primary N) is 1. The van der Waals surface area contributed by atoms with E-state index < -0.39 is 6.04 Å². The predicted molar refractivity (Wildman–Crippen MR) is 71.1 cm³/mol. The second-order valence-corrected chi connectivity index (χ2v) is 4.32. The molecule has 0 spiro atoms. The zero-order valence-corrected chi connectivity index (χ0v) is 11.1. The van der Waals surface area contributed by atoms with E-state index in [1.54, 1.807) is 30.1 Å². The molecule has 1 amide bonds. The van der Waals surface area contributed by atoms with Crippen molar-refractivity contribution in [2.24, 2.45) is 0 Å². The summed E-state index contributed by atoms with van der Waals surface area (Å²) < 4.78 is 3.36. The fraction of sp³-hybridized carbons (Fsp3) is 0.417. The van der Waals surface area contributed by atoms with Crippen LogP contribution in [0.2, 0.25) is 0 Å². The Morgan fingerprint density at radius 2 is 2.37 bits per heavy atom. The molecule has 0 saturated heterocycles. The largest absolute Gasteiger partial charge is 0.382 e. The molecular formula is C12H18N6O. The van der Waals surface area contributed by atoms with Crippen molar-refractivity contribution in [2.45, 2.75) is 33.0 Å². The molecule has 0 aromatic carbocycles. The summed E-state index contributed by atoms with van der Waals surface area (Å²) in [5.74, 6) is 0.302. The molecule has 0 fully saturated rings. The van der Waals surface area contributed by atoms with Crippen molar-refractivity contribution in [1.82, 2.24) is 24.9 Å². The Morgan fingerprint density at radius 3 is 2.95 bits per heavy atom. The van der Waals surface area contributed by atoms with Gasteiger partial charge in [-0.3, -0.25) is 14.2 Å². The number of carbonyl (C=O) groups excluding carboxylic acids is 1. The predicted octanol–water partition coefficient (Wildman–Crippen LogP) is 0.559. The maximum atomic E-state index is 12.0. The van der Waals surface area contributed by atoms with E-state index in [4.69, 9.17) is 5.73 Å². The van der Waals surface area contributed by atoms with Gasteiger partial charge in [0.25, 0.3) is 0 Å². The molecule has 2 rings (SSSR count). The number of hydrogen-bond donors (Lipinski definition) is 2. The maximum absolute atomic E-state index is 12.0. The number of aromatic nitrogens is 4. The summed E-state index contributed by atoms with van der Waals surface area (Å²) in [4.78, 5) is 12.0. The van der Waals surface area contributed by atoms with Crippen LogP contribution >= 0.6 is 0 Å². The lowest BCUT2D eigenvalue weighted by Crippen LogP contribution is -2.30. The smallest absolute Gasteiger partial charge is 0.244 e. The molecule has 1 atom stereocenters. The quantitative estimate of drug-likeness (QED) is 0.823. The van der Waals surface area contributed by atoms with E-state index in [1.165, 1.54) is 0 Å². The first-order valence-electron chi connectivity index (χ1n) is 6.20. The SMILES string of the molecule is CCn1cc(CNC(=O)C(C)n2ccc(N)n2)cn1. The molecule has 7 heteroatoms. The number of amides is 1. The Balaban J connectivity index is 1.90. The minimum Gasteiger partial charge on any atom is -0.382 e. The number of aryl methyl sites for hydroxylation is 1. The number of rotatable bonds is 5. The standard InChI is InChI=1S/C12H18N6O/c1-3-17-8-10(7-15-17)6-14-12(19)9(2)18-5-4-11(13)16-18/h4-5,7-9H,3,6H2,1-2H3,(H2,13,16)(H,14,19). The average molecular weight is 262 g/mol. The van der Waals surface area contributed by atoms with E-state index in [0.29, 0.717) is 12.4 Å². The molecule has 2 aromatic rings. The Bertz CT molecular complexity index is 558. The summed E-state index contributed by atoms with van der Waals surface area (Å²) in [7, 11) is 0. The highest BCUT2D eigenvalue weighted by Crippen LogP contribution is 2.07. The Labute approximate surface area is 111 Å². The van der Waals surface area contributed by atoms with Gasteiger partial charge in [-0.2, -0.15) is 10.2 Å². The summed E-state index contributed by atoms with van der Waals surface area (Å²) in [5, 5.41) is 11.0. The van der Waals surface area contributed by atoms with Gasteiger partial charge < -0.3 is 11.1 Å². The molecule has 102 valence electrons. The van der Waals surface area contributed by atoms with Crippen LogP contribution in [0, 0.1) is 0 Å². The molecule has 3 N–H and O–H groups in total. The molecule has 0 radical (unpaired) electrons. The van der Waals surface area contributed by atoms with Gasteiger partial charge in [0, 0.05) is 31.0 Å². The molecule has 0 aliphatic carbocycles. The Kier molecular flexibility index (Phi) is 3.84. The Morgan fingerprint density at radius 1 is 1.58 bits per heavy atom. The monoisotopic (exact) mass is 262 g/mol. The van der Waals surface area contributed by atoms with Crippen LogP contribution in [0.4, 0.5) is 5.82 Å². The number of nitrogen functional groups attached to an aromatic ring is 1. The number of nitrogens with one attached hydrogen (secondary N) is 1. The third kappa shape index (κ3) is 3.12. The molecule has 0 aliphatic rings. The maximum Gasteiger partial charge on any atom is 0.244 e. The van der Waals surface area contributed by atoms with Crippen LogP contribution in [0.15, 0.2) is 24.7 Å². The Hall–Kier alpha value is -2.31. The third-order valence-electron chi connectivity index (χ3n) is 2.88. The molecule has 19 heavy (non-hydrogen) atoms. The van der Waals surface area contributed by atoms with E-state index in [-0.39, 0.29) is 5.91 Å². The van der Waals surface area contributed by atoms with Crippen LogP contribution in [-0.2, 0) is 17.9 Å². The van der Waals surface area contributed by atoms with Gasteiger partial charge in [-0.25, -0.2) is 0 Å². The van der Waals surface area contributed by atoms with Crippen LogP contribution in [0.3, 0.4) is 0 Å². The normalized spacial score (nSPS) is 12.3. The lowest BCUT2D eigenvalue weighted by atomic mass is 10.3. The fourth-order valence-electron chi connectivity index (χ4n) is 1.70. The fourth-order valence-corrected chi connectivity index (χ4v) is 1.70. The van der Waals surface area contributed by atoms with E-state index in [2.05, 4.69) is 15.5 Å². The highest BCUT2D eigenvalue weighted by atomic mass is 16.2. The molecule has 0 saturated carbocycles. The van der Waals surface area contributed by atoms with Crippen LogP contribution in [-0.4, -0.2) is 25.5 Å². The molecule has 1 unspecified atom stereocenters. The lowest BCUT2D eigenvalue weighted by molar-refractivity contribution is -0.124. The first-order valence-corrected chi connectivity index (χ1v) is 6.20. The zero-order valence-electron chi connectivity index (χ0n) is 11.1. The van der Waals surface area contributed by atoms with Gasteiger partial charge in [-0.05, 0) is 19.9 Å². The van der Waals surface area contributed by atoms with Gasteiger partial charge in [0.15, 0.2) is 0 Å². The minimum atomic E-state index is -0.390. The van der Waals surface area contributed by atoms with Gasteiger partial charge in [0.1, 0.15) is 11.9 Å². The topological polar surface area (TPSA) is 90.8 Å². The van der Waals surface area contributed by atoms with Crippen molar-refractivity contribution < 1.29 is 4.79 Å². The first-order chi connectivity index (χ1) is 9.10. The van der Waals surface area contributed by atoms with Crippen LogP contribution in [0.1, 0.15) is 25.5 Å². The number of carbonyl (C=O) groups is 1. The summed E-state index contributed by atoms with van der Waals surface area (Å²) >= 11 is 0. The number of anilines is 1. The van der Waals surface area contributed by atoms with Crippen LogP contribution < -0.4 is 11.1 Å². The van der Waals surface area contributed by atoms with Crippen molar-refractivity contribution in [3.05, 3.63) is 30.2 Å². The van der Waals surface area contributed by atoms with Crippen LogP contribution in [0.5, 0.6) is 0 Å². The van der Waals surface area contributed by atoms with Gasteiger partial charge in [0.2, 0.25) is 5.91 Å². The number of nitrogens with zero attached hydrogens (tertiary/aromatic N) is 4. The number of hydrogen-bond acceptors (Lipinski definition) is 4. The van der Waals surface area contributed by atoms with E-state index >= 15 is 0 Å². The summed E-state index contributed by atoms with van der Waals surface area (Å²) in [6, 6.07) is 1.27. The van der Waals surface area contributed by atoms with Crippen molar-refractivity contribution in [3.63, 3.8) is 0 Å². The molecule has 2 aromatic heterocycles. The van der Waals surface area contributed by atoms with Crippen molar-refractivity contribution in [2.75, 3.05) is 5.73 Å². The van der Waals surface area contributed by atoms with Gasteiger partial charge in [-0.15, -0.1) is 0 Å². The summed E-state index contributed by atoms with van der Waals surface area (Å²) in [6.45, 7) is 5.06. The molecule has 7 nitrogen and oxygen atoms in total. The summed E-state index contributed by atoms with van der Waals surface area (Å²) in [6.07, 6.45) is 5.35. The molecular weight excluding hydrogens is 244 g/mol. The lowest BCUT2D eigenvalue weighted by Gasteiger charge is -2.11. The van der Waals surface area contributed by atoms with Gasteiger partial charge >= 0.3 is 0 Å². The van der Waals surface area contributed by atoms with E-state index in [0.717, 1.165) is 12.1 Å². The highest BCUT2D eigenvalue weighted by molar-refractivity contribution is 5.79. The first kappa shape index (κ1) is 13.1. The van der Waals surface area contributed by atoms with Crippen LogP contribution in [0.25, 0.3) is 0 Å². The highest BCUT2D eigenvalue weighted by Gasteiger charge is 2.15. The van der Waals surface area contributed by atoms with Gasteiger partial charge in [0.05, 0.1) is 6.20 Å². The summed E-state index contributed by atoms with van der Waals surface area (Å²) in [5.41, 5.74) is 6.50.